The average molecular weight is 464 g/mol. The van der Waals surface area contributed by atoms with E-state index in [2.05, 4.69) is 45.9 Å². The quantitative estimate of drug-likeness (QED) is 0.550. The molecule has 2 amide bonds. The van der Waals surface area contributed by atoms with Crippen LogP contribution in [0.2, 0.25) is 0 Å². The standard InChI is InChI=1S/C25H25N3O4S/c29-24(26-13-17-7-8-21-22(12-17)32-16-31-21)25(30)27-14-20(23-6-3-11-33-23)28-10-9-18-4-1-2-5-19(18)15-28/h1-8,11-12,20H,9-10,13-16H2,(H,26,29)(H,27,30)/t20-/m1/s1. The van der Waals surface area contributed by atoms with Gasteiger partial charge in [0.1, 0.15) is 0 Å². The van der Waals surface area contributed by atoms with Gasteiger partial charge in [0.2, 0.25) is 6.79 Å². The van der Waals surface area contributed by atoms with Gasteiger partial charge in [-0.05, 0) is 46.7 Å². The van der Waals surface area contributed by atoms with Crippen LogP contribution in [0.4, 0.5) is 0 Å². The number of nitrogens with one attached hydrogen (secondary N) is 2. The minimum Gasteiger partial charge on any atom is -0.454 e. The zero-order valence-corrected chi connectivity index (χ0v) is 18.9. The van der Waals surface area contributed by atoms with Crippen LogP contribution in [0.1, 0.15) is 27.6 Å². The molecule has 3 aromatic rings. The van der Waals surface area contributed by atoms with E-state index >= 15 is 0 Å². The Morgan fingerprint density at radius 3 is 2.64 bits per heavy atom. The fourth-order valence-corrected chi connectivity index (χ4v) is 5.12. The van der Waals surface area contributed by atoms with E-state index in [1.54, 1.807) is 17.4 Å². The van der Waals surface area contributed by atoms with Crippen LogP contribution >= 0.6 is 11.3 Å². The highest BCUT2D eigenvalue weighted by molar-refractivity contribution is 7.10. The second-order valence-electron chi connectivity index (χ2n) is 8.10. The van der Waals surface area contributed by atoms with Crippen molar-refractivity contribution in [1.82, 2.24) is 15.5 Å². The molecule has 33 heavy (non-hydrogen) atoms. The van der Waals surface area contributed by atoms with E-state index in [1.807, 2.05) is 23.6 Å². The van der Waals surface area contributed by atoms with Crippen LogP contribution < -0.4 is 20.1 Å². The molecule has 2 N–H and O–H groups in total. The summed E-state index contributed by atoms with van der Waals surface area (Å²) in [4.78, 5) is 28.5. The number of nitrogens with zero attached hydrogens (tertiary/aromatic N) is 1. The summed E-state index contributed by atoms with van der Waals surface area (Å²) < 4.78 is 10.7. The summed E-state index contributed by atoms with van der Waals surface area (Å²) in [5.74, 6) is 0.0483. The molecule has 7 nitrogen and oxygen atoms in total. The van der Waals surface area contributed by atoms with E-state index < -0.39 is 11.8 Å². The first-order chi connectivity index (χ1) is 16.2. The maximum absolute atomic E-state index is 12.5. The van der Waals surface area contributed by atoms with Gasteiger partial charge in [-0.2, -0.15) is 0 Å². The molecule has 2 aliphatic heterocycles. The van der Waals surface area contributed by atoms with Gasteiger partial charge in [0.25, 0.3) is 0 Å². The van der Waals surface area contributed by atoms with E-state index in [4.69, 9.17) is 9.47 Å². The van der Waals surface area contributed by atoms with Crippen LogP contribution in [0, 0.1) is 0 Å². The molecule has 0 unspecified atom stereocenters. The second-order valence-corrected chi connectivity index (χ2v) is 9.08. The maximum atomic E-state index is 12.5. The fraction of sp³-hybridized carbons (Fsp3) is 0.280. The Bertz CT molecular complexity index is 1150. The predicted molar refractivity (Wildman–Crippen MR) is 125 cm³/mol. The molecule has 8 heteroatoms. The Labute approximate surface area is 196 Å². The summed E-state index contributed by atoms with van der Waals surface area (Å²) in [6.45, 7) is 2.54. The minimum absolute atomic E-state index is 0.0176. The Kier molecular flexibility index (Phi) is 6.28. The van der Waals surface area contributed by atoms with E-state index in [9.17, 15) is 9.59 Å². The van der Waals surface area contributed by atoms with Crippen LogP contribution in [0.3, 0.4) is 0 Å². The van der Waals surface area contributed by atoms with Crippen LogP contribution in [-0.4, -0.2) is 36.6 Å². The SMILES string of the molecule is O=C(NCc1ccc2c(c1)OCO2)C(=O)NC[C@H](c1cccs1)N1CCc2ccccc2C1. The van der Waals surface area contributed by atoms with Crippen molar-refractivity contribution in [3.05, 3.63) is 81.5 Å². The second kappa shape index (κ2) is 9.64. The molecule has 0 saturated carbocycles. The van der Waals surface area contributed by atoms with Crippen molar-refractivity contribution in [3.8, 4) is 11.5 Å². The number of amides is 2. The molecule has 1 aromatic heterocycles. The van der Waals surface area contributed by atoms with Gasteiger partial charge in [-0.25, -0.2) is 0 Å². The van der Waals surface area contributed by atoms with E-state index in [-0.39, 0.29) is 19.4 Å². The van der Waals surface area contributed by atoms with Gasteiger partial charge in [-0.3, -0.25) is 14.5 Å². The number of carbonyl (C=O) groups is 2. The molecule has 0 radical (unpaired) electrons. The monoisotopic (exact) mass is 463 g/mol. The lowest BCUT2D eigenvalue weighted by atomic mass is 9.98. The molecule has 2 aromatic carbocycles. The van der Waals surface area contributed by atoms with Crippen molar-refractivity contribution in [3.63, 3.8) is 0 Å². The van der Waals surface area contributed by atoms with Crippen LogP contribution in [-0.2, 0) is 29.1 Å². The van der Waals surface area contributed by atoms with E-state index in [0.29, 0.717) is 18.0 Å². The highest BCUT2D eigenvalue weighted by Crippen LogP contribution is 2.32. The van der Waals surface area contributed by atoms with E-state index in [0.717, 1.165) is 25.1 Å². The highest BCUT2D eigenvalue weighted by Gasteiger charge is 2.27. The molecule has 3 heterocycles. The molecule has 2 aliphatic rings. The Morgan fingerprint density at radius 1 is 0.970 bits per heavy atom. The van der Waals surface area contributed by atoms with Crippen LogP contribution in [0.5, 0.6) is 11.5 Å². The third-order valence-electron chi connectivity index (χ3n) is 6.02. The third kappa shape index (κ3) is 4.86. The first kappa shape index (κ1) is 21.5. The van der Waals surface area contributed by atoms with Crippen LogP contribution in [0.15, 0.2) is 60.0 Å². The smallest absolute Gasteiger partial charge is 0.309 e. The molecule has 5 rings (SSSR count). The average Bonchev–Trinajstić information content (AvgIpc) is 3.54. The molecular weight excluding hydrogens is 438 g/mol. The van der Waals surface area contributed by atoms with Crippen molar-refractivity contribution < 1.29 is 19.1 Å². The van der Waals surface area contributed by atoms with Gasteiger partial charge in [0.05, 0.1) is 6.04 Å². The summed E-state index contributed by atoms with van der Waals surface area (Å²) in [5, 5.41) is 7.56. The first-order valence-electron chi connectivity index (χ1n) is 11.0. The van der Waals surface area contributed by atoms with Gasteiger partial charge in [0, 0.05) is 31.1 Å². The van der Waals surface area contributed by atoms with Gasteiger partial charge in [0.15, 0.2) is 11.5 Å². The number of thiophene rings is 1. The lowest BCUT2D eigenvalue weighted by Crippen LogP contribution is -2.44. The molecule has 1 atom stereocenters. The number of hydrogen-bond donors (Lipinski definition) is 2. The summed E-state index contributed by atoms with van der Waals surface area (Å²) in [6, 6.07) is 18.0. The molecule has 0 spiro atoms. The summed E-state index contributed by atoms with van der Waals surface area (Å²) in [7, 11) is 0. The van der Waals surface area contributed by atoms with Gasteiger partial charge < -0.3 is 20.1 Å². The maximum Gasteiger partial charge on any atom is 0.309 e. The van der Waals surface area contributed by atoms with E-state index in [1.165, 1.54) is 16.0 Å². The zero-order chi connectivity index (χ0) is 22.6. The number of benzene rings is 2. The molecule has 170 valence electrons. The molecule has 0 saturated heterocycles. The van der Waals surface area contributed by atoms with Gasteiger partial charge >= 0.3 is 11.8 Å². The summed E-state index contributed by atoms with van der Waals surface area (Å²) in [6.07, 6.45) is 0.974. The van der Waals surface area contributed by atoms with Crippen molar-refractivity contribution in [2.75, 3.05) is 19.9 Å². The first-order valence-corrected chi connectivity index (χ1v) is 11.8. The van der Waals surface area contributed by atoms with Crippen molar-refractivity contribution in [1.29, 1.82) is 0 Å². The van der Waals surface area contributed by atoms with Gasteiger partial charge in [-0.1, -0.05) is 36.4 Å². The fourth-order valence-electron chi connectivity index (χ4n) is 4.26. The molecule has 0 bridgehead atoms. The number of fused-ring (bicyclic) bond motifs is 2. The Hall–Kier alpha value is -3.36. The Morgan fingerprint density at radius 2 is 1.79 bits per heavy atom. The highest BCUT2D eigenvalue weighted by atomic mass is 32.1. The molecular formula is C25H25N3O4S. The lowest BCUT2D eigenvalue weighted by Gasteiger charge is -2.35. The lowest BCUT2D eigenvalue weighted by molar-refractivity contribution is -0.139. The van der Waals surface area contributed by atoms with Crippen LogP contribution in [0.25, 0.3) is 0 Å². The summed E-state index contributed by atoms with van der Waals surface area (Å²) in [5.41, 5.74) is 3.53. The minimum atomic E-state index is -0.651. The zero-order valence-electron chi connectivity index (χ0n) is 18.1. The normalized spacial score (nSPS) is 15.5. The number of carbonyl (C=O) groups excluding carboxylic acids is 2. The van der Waals surface area contributed by atoms with Crippen molar-refractivity contribution in [2.24, 2.45) is 0 Å². The number of rotatable bonds is 6. The number of hydrogen-bond acceptors (Lipinski definition) is 6. The topological polar surface area (TPSA) is 79.9 Å². The number of ether oxygens (including phenoxy) is 2. The van der Waals surface area contributed by atoms with Crippen molar-refractivity contribution in [2.45, 2.75) is 25.6 Å². The predicted octanol–water partition coefficient (Wildman–Crippen LogP) is 3.01. The van der Waals surface area contributed by atoms with Gasteiger partial charge in [-0.15, -0.1) is 11.3 Å². The molecule has 0 fully saturated rings. The molecule has 0 aliphatic carbocycles. The summed E-state index contributed by atoms with van der Waals surface area (Å²) >= 11 is 1.67. The Balaban J connectivity index is 1.18. The largest absolute Gasteiger partial charge is 0.454 e. The van der Waals surface area contributed by atoms with Crippen molar-refractivity contribution >= 4 is 23.2 Å². The third-order valence-corrected chi connectivity index (χ3v) is 7.00.